The summed E-state index contributed by atoms with van der Waals surface area (Å²) in [6.07, 6.45) is 4.49. The van der Waals surface area contributed by atoms with Gasteiger partial charge in [-0.1, -0.05) is 30.3 Å². The second kappa shape index (κ2) is 5.93. The molecule has 2 aromatic heterocycles. The molecule has 0 saturated carbocycles. The lowest BCUT2D eigenvalue weighted by atomic mass is 10.0. The summed E-state index contributed by atoms with van der Waals surface area (Å²) in [5.74, 6) is 0. The molecule has 118 valence electrons. The zero-order chi connectivity index (χ0) is 15.6. The van der Waals surface area contributed by atoms with Crippen LogP contribution in [-0.4, -0.2) is 40.6 Å². The fraction of sp³-hybridized carbons (Fsp3) is 0.278. The minimum absolute atomic E-state index is 0.404. The highest BCUT2D eigenvalue weighted by atomic mass is 16.5. The quantitative estimate of drug-likeness (QED) is 0.729. The van der Waals surface area contributed by atoms with Gasteiger partial charge in [-0.15, -0.1) is 0 Å². The molecule has 1 atom stereocenters. The Bertz CT molecular complexity index is 799. The van der Waals surface area contributed by atoms with E-state index in [1.165, 1.54) is 5.56 Å². The predicted octanol–water partition coefficient (Wildman–Crippen LogP) is 2.29. The zero-order valence-electron chi connectivity index (χ0n) is 12.9. The van der Waals surface area contributed by atoms with Crippen molar-refractivity contribution in [2.75, 3.05) is 24.5 Å². The summed E-state index contributed by atoms with van der Waals surface area (Å²) < 4.78 is 1.07. The van der Waals surface area contributed by atoms with Crippen molar-refractivity contribution in [3.05, 3.63) is 60.4 Å². The van der Waals surface area contributed by atoms with Crippen LogP contribution in [0.3, 0.4) is 0 Å². The number of piperazine rings is 1. The third-order valence-corrected chi connectivity index (χ3v) is 4.49. The minimum atomic E-state index is 0.404. The van der Waals surface area contributed by atoms with E-state index in [0.29, 0.717) is 11.7 Å². The third-order valence-electron chi connectivity index (χ3n) is 4.49. The Labute approximate surface area is 135 Å². The van der Waals surface area contributed by atoms with Crippen molar-refractivity contribution in [1.29, 1.82) is 0 Å². The number of aromatic nitrogens is 2. The molecule has 0 radical (unpaired) electrons. The average molecular weight is 308 g/mol. The van der Waals surface area contributed by atoms with Gasteiger partial charge in [-0.3, -0.25) is 0 Å². The smallest absolute Gasteiger partial charge is 0.175 e. The van der Waals surface area contributed by atoms with Crippen LogP contribution in [-0.2, 0) is 6.42 Å². The molecule has 23 heavy (non-hydrogen) atoms. The Morgan fingerprint density at radius 1 is 1.22 bits per heavy atom. The molecule has 1 aliphatic rings. The van der Waals surface area contributed by atoms with Crippen molar-refractivity contribution < 1.29 is 5.21 Å². The molecule has 1 saturated heterocycles. The third kappa shape index (κ3) is 2.75. The van der Waals surface area contributed by atoms with E-state index in [1.54, 1.807) is 6.20 Å². The topological polar surface area (TPSA) is 53.3 Å². The fourth-order valence-electron chi connectivity index (χ4n) is 3.32. The first-order chi connectivity index (χ1) is 11.3. The first kappa shape index (κ1) is 14.1. The van der Waals surface area contributed by atoms with Crippen LogP contribution in [0.1, 0.15) is 5.56 Å². The number of fused-ring (bicyclic) bond motifs is 1. The van der Waals surface area contributed by atoms with Crippen molar-refractivity contribution in [2.45, 2.75) is 12.5 Å². The highest BCUT2D eigenvalue weighted by Crippen LogP contribution is 2.24. The summed E-state index contributed by atoms with van der Waals surface area (Å²) in [7, 11) is 0. The highest BCUT2D eigenvalue weighted by molar-refractivity contribution is 5.79. The van der Waals surface area contributed by atoms with E-state index in [1.807, 2.05) is 12.3 Å². The summed E-state index contributed by atoms with van der Waals surface area (Å²) >= 11 is 0. The number of benzene rings is 1. The molecule has 0 bridgehead atoms. The summed E-state index contributed by atoms with van der Waals surface area (Å²) in [5, 5.41) is 14.1. The number of hydrogen-bond donors (Lipinski definition) is 2. The number of rotatable bonds is 3. The molecule has 4 rings (SSSR count). The zero-order valence-corrected chi connectivity index (χ0v) is 12.9. The first-order valence-corrected chi connectivity index (χ1v) is 7.99. The van der Waals surface area contributed by atoms with E-state index in [-0.39, 0.29) is 0 Å². The molecular formula is C18H20N4O. The molecular weight excluding hydrogens is 288 g/mol. The van der Waals surface area contributed by atoms with E-state index in [9.17, 15) is 5.21 Å². The highest BCUT2D eigenvalue weighted by Gasteiger charge is 2.23. The maximum atomic E-state index is 9.69. The summed E-state index contributed by atoms with van der Waals surface area (Å²) in [6, 6.07) is 15.0. The maximum absolute atomic E-state index is 9.69. The first-order valence-electron chi connectivity index (χ1n) is 7.99. The Kier molecular flexibility index (Phi) is 3.63. The summed E-state index contributed by atoms with van der Waals surface area (Å²) in [6.45, 7) is 2.91. The largest absolute Gasteiger partial charge is 0.427 e. The number of pyridine rings is 1. The second-order valence-electron chi connectivity index (χ2n) is 6.01. The van der Waals surface area contributed by atoms with Gasteiger partial charge in [0.25, 0.3) is 0 Å². The predicted molar refractivity (Wildman–Crippen MR) is 91.1 cm³/mol. The summed E-state index contributed by atoms with van der Waals surface area (Å²) in [4.78, 5) is 6.83. The lowest BCUT2D eigenvalue weighted by Gasteiger charge is -2.38. The van der Waals surface area contributed by atoms with E-state index in [0.717, 1.165) is 41.9 Å². The molecule has 1 aromatic carbocycles. The molecule has 5 nitrogen and oxygen atoms in total. The van der Waals surface area contributed by atoms with Crippen LogP contribution < -0.4 is 10.2 Å². The van der Waals surface area contributed by atoms with Gasteiger partial charge in [-0.2, -0.15) is 4.73 Å². The van der Waals surface area contributed by atoms with E-state index in [4.69, 9.17) is 0 Å². The van der Waals surface area contributed by atoms with E-state index >= 15 is 0 Å². The van der Waals surface area contributed by atoms with Gasteiger partial charge in [0.05, 0.1) is 11.9 Å². The standard InChI is InChI=1S/C18H20N4O/c23-22-8-6-15-11-17(13-20-18(15)22)21-9-7-19-12-16(21)10-14-4-2-1-3-5-14/h1-6,8,11,13,16,19,23H,7,9-10,12H2. The lowest BCUT2D eigenvalue weighted by molar-refractivity contribution is 0.198. The van der Waals surface area contributed by atoms with Gasteiger partial charge in [-0.05, 0) is 24.1 Å². The van der Waals surface area contributed by atoms with Gasteiger partial charge >= 0.3 is 0 Å². The van der Waals surface area contributed by atoms with Crippen molar-refractivity contribution in [3.8, 4) is 0 Å². The van der Waals surface area contributed by atoms with Gasteiger partial charge in [0.15, 0.2) is 5.65 Å². The van der Waals surface area contributed by atoms with Crippen LogP contribution in [0.5, 0.6) is 0 Å². The molecule has 0 spiro atoms. The minimum Gasteiger partial charge on any atom is -0.427 e. The van der Waals surface area contributed by atoms with Crippen LogP contribution in [0.4, 0.5) is 5.69 Å². The van der Waals surface area contributed by atoms with Gasteiger partial charge < -0.3 is 15.4 Å². The maximum Gasteiger partial charge on any atom is 0.175 e. The molecule has 1 unspecified atom stereocenters. The Balaban J connectivity index is 1.63. The molecule has 5 heteroatoms. The average Bonchev–Trinajstić information content (AvgIpc) is 2.97. The number of nitrogens with zero attached hydrogens (tertiary/aromatic N) is 3. The Morgan fingerprint density at radius 3 is 2.96 bits per heavy atom. The monoisotopic (exact) mass is 308 g/mol. The van der Waals surface area contributed by atoms with Crippen LogP contribution in [0.25, 0.3) is 11.0 Å². The van der Waals surface area contributed by atoms with Gasteiger partial charge in [0, 0.05) is 37.3 Å². The van der Waals surface area contributed by atoms with Crippen LogP contribution >= 0.6 is 0 Å². The van der Waals surface area contributed by atoms with Crippen LogP contribution in [0, 0.1) is 0 Å². The molecule has 0 amide bonds. The Hall–Kier alpha value is -2.53. The van der Waals surface area contributed by atoms with Crippen LogP contribution in [0.2, 0.25) is 0 Å². The fourth-order valence-corrected chi connectivity index (χ4v) is 3.32. The molecule has 1 fully saturated rings. The molecule has 1 aliphatic heterocycles. The molecule has 2 N–H and O–H groups in total. The Morgan fingerprint density at radius 2 is 2.09 bits per heavy atom. The van der Waals surface area contributed by atoms with Gasteiger partial charge in [0.2, 0.25) is 0 Å². The van der Waals surface area contributed by atoms with Gasteiger partial charge in [0.1, 0.15) is 0 Å². The molecule has 0 aliphatic carbocycles. The number of anilines is 1. The van der Waals surface area contributed by atoms with Gasteiger partial charge in [-0.25, -0.2) is 4.98 Å². The SMILES string of the molecule is On1ccc2cc(N3CCNCC3Cc3ccccc3)cnc21. The number of hydrogen-bond acceptors (Lipinski definition) is 4. The van der Waals surface area contributed by atoms with E-state index < -0.39 is 0 Å². The van der Waals surface area contributed by atoms with E-state index in [2.05, 4.69) is 51.6 Å². The number of nitrogens with one attached hydrogen (secondary N) is 1. The van der Waals surface area contributed by atoms with Crippen molar-refractivity contribution in [3.63, 3.8) is 0 Å². The summed E-state index contributed by atoms with van der Waals surface area (Å²) in [5.41, 5.74) is 3.07. The second-order valence-corrected chi connectivity index (χ2v) is 6.01. The lowest BCUT2D eigenvalue weighted by Crippen LogP contribution is -2.52. The normalized spacial score (nSPS) is 18.4. The molecule has 3 aromatic rings. The molecule has 3 heterocycles. The van der Waals surface area contributed by atoms with Crippen molar-refractivity contribution >= 4 is 16.7 Å². The van der Waals surface area contributed by atoms with Crippen LogP contribution in [0.15, 0.2) is 54.9 Å². The van der Waals surface area contributed by atoms with Crippen molar-refractivity contribution in [2.24, 2.45) is 0 Å². The van der Waals surface area contributed by atoms with Crippen molar-refractivity contribution in [1.82, 2.24) is 15.0 Å².